The number of carbonyl (C=O) groups excluding carboxylic acids is 2. The molecule has 0 bridgehead atoms. The van der Waals surface area contributed by atoms with E-state index in [0.717, 1.165) is 45.8 Å². The number of carbonyl (C=O) groups is 2. The van der Waals surface area contributed by atoms with Crippen molar-refractivity contribution in [3.63, 3.8) is 0 Å². The van der Waals surface area contributed by atoms with Gasteiger partial charge in [-0.2, -0.15) is 0 Å². The number of anilines is 2. The summed E-state index contributed by atoms with van der Waals surface area (Å²) in [4.78, 5) is 30.6. The molecular weight excluding hydrogens is 452 g/mol. The molecule has 0 atom stereocenters. The van der Waals surface area contributed by atoms with Crippen LogP contribution in [0, 0.1) is 5.92 Å². The van der Waals surface area contributed by atoms with Crippen molar-refractivity contribution in [3.8, 4) is 16.8 Å². The third kappa shape index (κ3) is 6.09. The van der Waals surface area contributed by atoms with Crippen molar-refractivity contribution in [2.24, 2.45) is 5.92 Å². The third-order valence-corrected chi connectivity index (χ3v) is 5.81. The predicted molar refractivity (Wildman–Crippen MR) is 146 cm³/mol. The van der Waals surface area contributed by atoms with Gasteiger partial charge in [0.05, 0.1) is 11.0 Å². The maximum Gasteiger partial charge on any atom is 0.319 e. The van der Waals surface area contributed by atoms with Gasteiger partial charge in [0, 0.05) is 36.1 Å². The third-order valence-electron chi connectivity index (χ3n) is 5.81. The summed E-state index contributed by atoms with van der Waals surface area (Å²) in [5.74, 6) is -0.0811. The summed E-state index contributed by atoms with van der Waals surface area (Å²) < 4.78 is 2.03. The quantitative estimate of drug-likeness (QED) is 0.329. The van der Waals surface area contributed by atoms with Gasteiger partial charge < -0.3 is 20.9 Å². The molecule has 0 radical (unpaired) electrons. The Hall–Kier alpha value is -4.17. The van der Waals surface area contributed by atoms with Gasteiger partial charge in [-0.15, -0.1) is 0 Å². The number of rotatable bonds is 8. The first-order valence-electron chi connectivity index (χ1n) is 12.0. The number of urea groups is 1. The molecule has 186 valence electrons. The zero-order chi connectivity index (χ0) is 25.7. The summed E-state index contributed by atoms with van der Waals surface area (Å²) in [6.45, 7) is 5.10. The molecule has 0 aliphatic rings. The average molecular weight is 485 g/mol. The van der Waals surface area contributed by atoms with E-state index in [-0.39, 0.29) is 17.9 Å². The first-order valence-corrected chi connectivity index (χ1v) is 12.0. The Morgan fingerprint density at radius 3 is 2.19 bits per heavy atom. The number of nitrogens with zero attached hydrogens (tertiary/aromatic N) is 3. The zero-order valence-electron chi connectivity index (χ0n) is 21.1. The lowest BCUT2D eigenvalue weighted by atomic mass is 10.0. The van der Waals surface area contributed by atoms with Crippen molar-refractivity contribution < 1.29 is 9.59 Å². The van der Waals surface area contributed by atoms with Crippen LogP contribution in [-0.2, 0) is 4.79 Å². The van der Waals surface area contributed by atoms with E-state index in [0.29, 0.717) is 6.54 Å². The molecule has 3 amide bonds. The van der Waals surface area contributed by atoms with Crippen LogP contribution in [0.2, 0.25) is 0 Å². The molecule has 4 aromatic rings. The van der Waals surface area contributed by atoms with Crippen LogP contribution < -0.4 is 16.0 Å². The second kappa shape index (κ2) is 11.0. The van der Waals surface area contributed by atoms with Gasteiger partial charge in [-0.25, -0.2) is 9.78 Å². The predicted octanol–water partition coefficient (Wildman–Crippen LogP) is 4.97. The Kier molecular flexibility index (Phi) is 7.65. The van der Waals surface area contributed by atoms with Crippen LogP contribution in [0.15, 0.2) is 73.1 Å². The zero-order valence-corrected chi connectivity index (χ0v) is 21.1. The molecule has 8 nitrogen and oxygen atoms in total. The molecule has 3 N–H and O–H groups in total. The van der Waals surface area contributed by atoms with E-state index in [1.54, 1.807) is 6.33 Å². The van der Waals surface area contributed by atoms with Crippen LogP contribution in [0.3, 0.4) is 0 Å². The number of fused-ring (bicyclic) bond motifs is 1. The van der Waals surface area contributed by atoms with Crippen molar-refractivity contribution >= 4 is 34.3 Å². The molecule has 1 heterocycles. The number of amides is 3. The molecular formula is C28H32N6O2. The Labute approximate surface area is 211 Å². The minimum atomic E-state index is -0.218. The summed E-state index contributed by atoms with van der Waals surface area (Å²) >= 11 is 0. The van der Waals surface area contributed by atoms with Gasteiger partial charge >= 0.3 is 6.03 Å². The fraction of sp³-hybridized carbons (Fsp3) is 0.250. The normalized spacial score (nSPS) is 11.2. The molecule has 0 fully saturated rings. The van der Waals surface area contributed by atoms with Gasteiger partial charge in [-0.3, -0.25) is 9.36 Å². The lowest BCUT2D eigenvalue weighted by Gasteiger charge is -2.12. The number of benzene rings is 3. The average Bonchev–Trinajstić information content (AvgIpc) is 3.28. The molecule has 1 aromatic heterocycles. The number of hydrogen-bond acceptors (Lipinski definition) is 4. The Morgan fingerprint density at radius 1 is 0.889 bits per heavy atom. The molecule has 0 aliphatic carbocycles. The molecule has 0 saturated heterocycles. The number of imidazole rings is 1. The maximum atomic E-state index is 12.1. The highest BCUT2D eigenvalue weighted by molar-refractivity contribution is 5.92. The highest BCUT2D eigenvalue weighted by Gasteiger charge is 2.10. The van der Waals surface area contributed by atoms with E-state index >= 15 is 0 Å². The Balaban J connectivity index is 1.49. The van der Waals surface area contributed by atoms with Crippen molar-refractivity contribution in [2.45, 2.75) is 13.8 Å². The number of hydrogen-bond donors (Lipinski definition) is 3. The van der Waals surface area contributed by atoms with Gasteiger partial charge in [-0.1, -0.05) is 32.0 Å². The van der Waals surface area contributed by atoms with Crippen LogP contribution in [0.25, 0.3) is 27.8 Å². The van der Waals surface area contributed by atoms with Crippen LogP contribution in [0.4, 0.5) is 16.2 Å². The van der Waals surface area contributed by atoms with Gasteiger partial charge in [-0.05, 0) is 73.8 Å². The lowest BCUT2D eigenvalue weighted by Crippen LogP contribution is -2.34. The van der Waals surface area contributed by atoms with Crippen molar-refractivity contribution in [2.75, 3.05) is 37.8 Å². The molecule has 3 aromatic carbocycles. The maximum absolute atomic E-state index is 12.1. The minimum Gasteiger partial charge on any atom is -0.337 e. The highest BCUT2D eigenvalue weighted by atomic mass is 16.2. The molecule has 4 rings (SSSR count). The van der Waals surface area contributed by atoms with Crippen molar-refractivity contribution in [3.05, 3.63) is 73.1 Å². The van der Waals surface area contributed by atoms with E-state index in [1.807, 2.05) is 98.1 Å². The molecule has 8 heteroatoms. The van der Waals surface area contributed by atoms with E-state index < -0.39 is 0 Å². The van der Waals surface area contributed by atoms with Gasteiger partial charge in [0.15, 0.2) is 0 Å². The number of aromatic nitrogens is 2. The topological polar surface area (TPSA) is 91.3 Å². The summed E-state index contributed by atoms with van der Waals surface area (Å²) in [5, 5.41) is 8.62. The first-order chi connectivity index (χ1) is 17.3. The van der Waals surface area contributed by atoms with Crippen LogP contribution in [0.5, 0.6) is 0 Å². The molecule has 0 unspecified atom stereocenters. The molecule has 0 spiro atoms. The number of likely N-dealkylation sites (N-methyl/N-ethyl adjacent to an activating group) is 1. The van der Waals surface area contributed by atoms with Crippen molar-refractivity contribution in [1.29, 1.82) is 0 Å². The van der Waals surface area contributed by atoms with Crippen LogP contribution in [0.1, 0.15) is 13.8 Å². The standard InChI is InChI=1S/C28H32N6O2/c1-19(2)27(35)31-22-10-12-24(13-11-22)34-18-30-25-14-7-21(17-26(25)34)20-5-8-23(9-6-20)32-28(36)29-15-16-33(3)4/h5-14,17-19H,15-16H2,1-4H3,(H,31,35)(H2,29,32,36). The van der Waals surface area contributed by atoms with E-state index in [1.165, 1.54) is 0 Å². The largest absolute Gasteiger partial charge is 0.337 e. The second-order valence-corrected chi connectivity index (χ2v) is 9.27. The Bertz CT molecular complexity index is 1340. The molecule has 36 heavy (non-hydrogen) atoms. The SMILES string of the molecule is CC(C)C(=O)Nc1ccc(-n2cnc3ccc(-c4ccc(NC(=O)NCCN(C)C)cc4)cc32)cc1. The second-order valence-electron chi connectivity index (χ2n) is 9.27. The smallest absolute Gasteiger partial charge is 0.319 e. The lowest BCUT2D eigenvalue weighted by molar-refractivity contribution is -0.118. The highest BCUT2D eigenvalue weighted by Crippen LogP contribution is 2.27. The fourth-order valence-electron chi connectivity index (χ4n) is 3.70. The molecule has 0 saturated carbocycles. The fourth-order valence-corrected chi connectivity index (χ4v) is 3.70. The van der Waals surface area contributed by atoms with E-state index in [9.17, 15) is 9.59 Å². The summed E-state index contributed by atoms with van der Waals surface area (Å²) in [5.41, 5.74) is 6.41. The van der Waals surface area contributed by atoms with Gasteiger partial charge in [0.2, 0.25) is 5.91 Å². The summed E-state index contributed by atoms with van der Waals surface area (Å²) in [6.07, 6.45) is 1.80. The van der Waals surface area contributed by atoms with E-state index in [2.05, 4.69) is 27.0 Å². The van der Waals surface area contributed by atoms with Crippen LogP contribution in [-0.4, -0.2) is 53.6 Å². The van der Waals surface area contributed by atoms with Gasteiger partial charge in [0.1, 0.15) is 6.33 Å². The summed E-state index contributed by atoms with van der Waals surface area (Å²) in [7, 11) is 3.93. The van der Waals surface area contributed by atoms with Gasteiger partial charge in [0.25, 0.3) is 0 Å². The monoisotopic (exact) mass is 484 g/mol. The minimum absolute atomic E-state index is 0.00773. The van der Waals surface area contributed by atoms with Crippen molar-refractivity contribution in [1.82, 2.24) is 19.8 Å². The van der Waals surface area contributed by atoms with Crippen LogP contribution >= 0.6 is 0 Å². The first kappa shape index (κ1) is 24.9. The van der Waals surface area contributed by atoms with E-state index in [4.69, 9.17) is 0 Å². The molecule has 0 aliphatic heterocycles. The summed E-state index contributed by atoms with van der Waals surface area (Å²) in [6, 6.07) is 21.4. The Morgan fingerprint density at radius 2 is 1.53 bits per heavy atom. The number of nitrogens with one attached hydrogen (secondary N) is 3.